The van der Waals surface area contributed by atoms with E-state index in [-0.39, 0.29) is 22.5 Å². The van der Waals surface area contributed by atoms with Crippen LogP contribution in [0.3, 0.4) is 0 Å². The molecule has 0 atom stereocenters. The third-order valence-corrected chi connectivity index (χ3v) is 7.50. The lowest BCUT2D eigenvalue weighted by Gasteiger charge is -2.34. The van der Waals surface area contributed by atoms with Crippen LogP contribution in [-0.2, 0) is 14.8 Å². The molecule has 2 aliphatic heterocycles. The minimum Gasteiger partial charge on any atom is -0.340 e. The fourth-order valence-corrected chi connectivity index (χ4v) is 5.33. The van der Waals surface area contributed by atoms with Crippen molar-refractivity contribution in [3.8, 4) is 0 Å². The van der Waals surface area contributed by atoms with Crippen LogP contribution in [0.25, 0.3) is 0 Å². The lowest BCUT2D eigenvalue weighted by Crippen LogP contribution is -2.50. The van der Waals surface area contributed by atoms with E-state index in [1.54, 1.807) is 34.1 Å². The third kappa shape index (κ3) is 4.21. The molecule has 7 nitrogen and oxygen atoms in total. The van der Waals surface area contributed by atoms with Crippen molar-refractivity contribution in [2.75, 3.05) is 45.0 Å². The molecule has 2 saturated heterocycles. The summed E-state index contributed by atoms with van der Waals surface area (Å²) in [5.74, 6) is 0.754. The number of rotatable bonds is 5. The summed E-state index contributed by atoms with van der Waals surface area (Å²) in [4.78, 5) is 27.6. The first-order valence-corrected chi connectivity index (χ1v) is 11.1. The Hall–Kier alpha value is -1.58. The Morgan fingerprint density at radius 2 is 1.73 bits per heavy atom. The molecule has 0 aromatic heterocycles. The van der Waals surface area contributed by atoms with Gasteiger partial charge in [0.1, 0.15) is 0 Å². The zero-order valence-electron chi connectivity index (χ0n) is 14.8. The third-order valence-electron chi connectivity index (χ3n) is 4.69. The Morgan fingerprint density at radius 1 is 1.08 bits per heavy atom. The molecule has 142 valence electrons. The fourth-order valence-electron chi connectivity index (χ4n) is 3.05. The highest BCUT2D eigenvalue weighted by molar-refractivity contribution is 8.13. The summed E-state index contributed by atoms with van der Waals surface area (Å²) in [6, 6.07) is 6.80. The van der Waals surface area contributed by atoms with Gasteiger partial charge in [0, 0.05) is 51.4 Å². The normalized spacial score (nSPS) is 19.2. The monoisotopic (exact) mass is 397 g/mol. The molecule has 2 aliphatic rings. The van der Waals surface area contributed by atoms with E-state index in [0.29, 0.717) is 39.3 Å². The molecule has 1 aromatic rings. The molecular weight excluding hydrogens is 374 g/mol. The van der Waals surface area contributed by atoms with Gasteiger partial charge in [0.15, 0.2) is 0 Å². The summed E-state index contributed by atoms with van der Waals surface area (Å²) in [7, 11) is -3.52. The fraction of sp³-hybridized carbons (Fsp3) is 0.529. The Morgan fingerprint density at radius 3 is 2.31 bits per heavy atom. The zero-order valence-corrected chi connectivity index (χ0v) is 16.4. The lowest BCUT2D eigenvalue weighted by molar-refractivity contribution is -0.132. The molecule has 0 unspecified atom stereocenters. The number of piperazine rings is 1. The van der Waals surface area contributed by atoms with Crippen molar-refractivity contribution in [1.29, 1.82) is 0 Å². The molecule has 0 N–H and O–H groups in total. The van der Waals surface area contributed by atoms with Crippen LogP contribution in [0.5, 0.6) is 0 Å². The number of amides is 2. The van der Waals surface area contributed by atoms with Gasteiger partial charge < -0.3 is 9.80 Å². The van der Waals surface area contributed by atoms with E-state index >= 15 is 0 Å². The highest BCUT2D eigenvalue weighted by Gasteiger charge is 2.30. The first-order chi connectivity index (χ1) is 12.4. The Bertz CT molecular complexity index is 772. The second-order valence-electron chi connectivity index (χ2n) is 6.45. The first-order valence-electron chi connectivity index (χ1n) is 8.64. The summed E-state index contributed by atoms with van der Waals surface area (Å²) in [5.41, 5.74) is 1.01. The number of benzene rings is 1. The number of carbonyl (C=O) groups is 2. The molecule has 9 heteroatoms. The smallest absolute Gasteiger partial charge is 0.281 e. The predicted octanol–water partition coefficient (Wildman–Crippen LogP) is 1.39. The number of hydrogen-bond acceptors (Lipinski definition) is 5. The second kappa shape index (κ2) is 7.98. The van der Waals surface area contributed by atoms with Gasteiger partial charge in [0.05, 0.1) is 4.90 Å². The maximum absolute atomic E-state index is 12.7. The van der Waals surface area contributed by atoms with Crippen LogP contribution in [0.4, 0.5) is 4.79 Å². The van der Waals surface area contributed by atoms with E-state index in [4.69, 9.17) is 0 Å². The Labute approximate surface area is 158 Å². The summed E-state index contributed by atoms with van der Waals surface area (Å²) in [5, 5.41) is 0.0341. The number of hydrogen-bond donors (Lipinski definition) is 0. The van der Waals surface area contributed by atoms with E-state index in [2.05, 4.69) is 0 Å². The van der Waals surface area contributed by atoms with Crippen LogP contribution >= 0.6 is 11.8 Å². The molecule has 2 heterocycles. The van der Waals surface area contributed by atoms with Gasteiger partial charge >= 0.3 is 0 Å². The van der Waals surface area contributed by atoms with Crippen LogP contribution in [0.2, 0.25) is 0 Å². The summed E-state index contributed by atoms with van der Waals surface area (Å²) >= 11 is 1.28. The highest BCUT2D eigenvalue weighted by atomic mass is 32.2. The van der Waals surface area contributed by atoms with Gasteiger partial charge in [0.2, 0.25) is 15.9 Å². The van der Waals surface area contributed by atoms with Gasteiger partial charge in [-0.2, -0.15) is 4.31 Å². The van der Waals surface area contributed by atoms with Crippen LogP contribution in [0.15, 0.2) is 29.2 Å². The minimum absolute atomic E-state index is 0.0258. The summed E-state index contributed by atoms with van der Waals surface area (Å²) in [6.07, 6.45) is 0.289. The molecule has 0 aliphatic carbocycles. The minimum atomic E-state index is -3.52. The maximum atomic E-state index is 12.7. The van der Waals surface area contributed by atoms with Gasteiger partial charge in [-0.15, -0.1) is 0 Å². The van der Waals surface area contributed by atoms with Gasteiger partial charge in [-0.1, -0.05) is 29.5 Å². The predicted molar refractivity (Wildman–Crippen MR) is 101 cm³/mol. The van der Waals surface area contributed by atoms with Gasteiger partial charge in [0.25, 0.3) is 5.24 Å². The molecule has 2 fully saturated rings. The first kappa shape index (κ1) is 19.2. The van der Waals surface area contributed by atoms with Crippen molar-refractivity contribution in [1.82, 2.24) is 14.1 Å². The van der Waals surface area contributed by atoms with E-state index in [1.165, 1.54) is 16.1 Å². The van der Waals surface area contributed by atoms with Crippen molar-refractivity contribution in [2.45, 2.75) is 18.2 Å². The van der Waals surface area contributed by atoms with Crippen molar-refractivity contribution < 1.29 is 18.0 Å². The van der Waals surface area contributed by atoms with Crippen molar-refractivity contribution in [3.63, 3.8) is 0 Å². The Balaban J connectivity index is 1.52. The Kier molecular flexibility index (Phi) is 5.89. The molecule has 3 rings (SSSR count). The molecule has 0 spiro atoms. The number of carbonyl (C=O) groups excluding carboxylic acids is 2. The van der Waals surface area contributed by atoms with Gasteiger partial charge in [-0.3, -0.25) is 9.59 Å². The molecule has 26 heavy (non-hydrogen) atoms. The van der Waals surface area contributed by atoms with E-state index in [0.717, 1.165) is 11.3 Å². The molecule has 2 amide bonds. The van der Waals surface area contributed by atoms with Crippen LogP contribution in [0, 0.1) is 6.92 Å². The van der Waals surface area contributed by atoms with Gasteiger partial charge in [-0.05, 0) is 19.1 Å². The zero-order chi connectivity index (χ0) is 18.7. The van der Waals surface area contributed by atoms with Gasteiger partial charge in [-0.25, -0.2) is 8.42 Å². The second-order valence-corrected chi connectivity index (χ2v) is 9.43. The lowest BCUT2D eigenvalue weighted by atomic mass is 10.2. The molecule has 0 radical (unpaired) electrons. The van der Waals surface area contributed by atoms with Crippen molar-refractivity contribution >= 4 is 32.9 Å². The number of sulfonamides is 1. The molecule has 0 saturated carbocycles. The van der Waals surface area contributed by atoms with E-state index in [9.17, 15) is 18.0 Å². The average Bonchev–Trinajstić information content (AvgIpc) is 3.05. The highest BCUT2D eigenvalue weighted by Crippen LogP contribution is 2.20. The largest absolute Gasteiger partial charge is 0.340 e. The molecular formula is C17H23N3O4S2. The quantitative estimate of drug-likeness (QED) is 0.750. The summed E-state index contributed by atoms with van der Waals surface area (Å²) < 4.78 is 26.8. The number of aryl methyl sites for hydroxylation is 1. The maximum Gasteiger partial charge on any atom is 0.281 e. The summed E-state index contributed by atoms with van der Waals surface area (Å²) in [6.45, 7) is 4.39. The van der Waals surface area contributed by atoms with Crippen LogP contribution in [0.1, 0.15) is 12.0 Å². The van der Waals surface area contributed by atoms with E-state index < -0.39 is 10.0 Å². The number of nitrogens with zero attached hydrogens (tertiary/aromatic N) is 3. The molecule has 0 bridgehead atoms. The van der Waals surface area contributed by atoms with Crippen LogP contribution < -0.4 is 0 Å². The topological polar surface area (TPSA) is 78.0 Å². The van der Waals surface area contributed by atoms with Crippen molar-refractivity contribution in [3.05, 3.63) is 29.8 Å². The van der Waals surface area contributed by atoms with Crippen molar-refractivity contribution in [2.24, 2.45) is 0 Å². The van der Waals surface area contributed by atoms with E-state index in [1.807, 2.05) is 6.92 Å². The number of thioether (sulfide) groups is 1. The molecule has 1 aromatic carbocycles. The standard InChI is InChI=1S/C17H23N3O4S2/c1-14-2-4-15(5-3-14)26(23,24)20-10-8-18(9-11-20)16(21)6-7-19-12-13-25-17(19)22/h2-5H,6-13H2,1H3. The average molecular weight is 398 g/mol. The van der Waals surface area contributed by atoms with Crippen LogP contribution in [-0.4, -0.2) is 78.7 Å². The SMILES string of the molecule is Cc1ccc(S(=O)(=O)N2CCN(C(=O)CCN3CCSC3=O)CC2)cc1.